The summed E-state index contributed by atoms with van der Waals surface area (Å²) in [5.41, 5.74) is 2.22. The minimum Gasteiger partial charge on any atom is -0.378 e. The Balaban J connectivity index is 2.06. The standard InChI is InChI=1S/C20H25N3O2/c1-14-7-6-8-16(13-14)22-19(25)20(2,3)18(24)21-15-9-11-17(12-10-15)23(4)5/h6-13H,1-5H3,(H,21,24)(H,22,25). The highest BCUT2D eigenvalue weighted by Crippen LogP contribution is 2.23. The van der Waals surface area contributed by atoms with Crippen LogP contribution in [-0.4, -0.2) is 25.9 Å². The van der Waals surface area contributed by atoms with Crippen molar-refractivity contribution in [1.29, 1.82) is 0 Å². The molecule has 5 heteroatoms. The van der Waals surface area contributed by atoms with E-state index in [1.54, 1.807) is 19.9 Å². The zero-order valence-corrected chi connectivity index (χ0v) is 15.4. The van der Waals surface area contributed by atoms with Crippen molar-refractivity contribution in [3.05, 3.63) is 54.1 Å². The summed E-state index contributed by atoms with van der Waals surface area (Å²) in [7, 11) is 3.90. The molecule has 2 amide bonds. The van der Waals surface area contributed by atoms with E-state index in [2.05, 4.69) is 10.6 Å². The van der Waals surface area contributed by atoms with Gasteiger partial charge in [-0.1, -0.05) is 12.1 Å². The number of aryl methyl sites for hydroxylation is 1. The lowest BCUT2D eigenvalue weighted by Gasteiger charge is -2.23. The number of hydrogen-bond acceptors (Lipinski definition) is 3. The van der Waals surface area contributed by atoms with Gasteiger partial charge < -0.3 is 15.5 Å². The molecule has 0 fully saturated rings. The summed E-state index contributed by atoms with van der Waals surface area (Å²) in [5, 5.41) is 5.62. The van der Waals surface area contributed by atoms with Gasteiger partial charge in [0.25, 0.3) is 0 Å². The predicted octanol–water partition coefficient (Wildman–Crippen LogP) is 3.66. The second-order valence-corrected chi connectivity index (χ2v) is 6.84. The molecule has 25 heavy (non-hydrogen) atoms. The summed E-state index contributed by atoms with van der Waals surface area (Å²) in [6.07, 6.45) is 0. The van der Waals surface area contributed by atoms with E-state index in [1.807, 2.05) is 68.4 Å². The lowest BCUT2D eigenvalue weighted by Crippen LogP contribution is -2.41. The summed E-state index contributed by atoms with van der Waals surface area (Å²) in [5.74, 6) is -0.698. The summed E-state index contributed by atoms with van der Waals surface area (Å²) >= 11 is 0. The Bertz CT molecular complexity index is 765. The topological polar surface area (TPSA) is 61.4 Å². The van der Waals surface area contributed by atoms with Crippen LogP contribution in [0.4, 0.5) is 17.1 Å². The normalized spacial score (nSPS) is 10.9. The highest BCUT2D eigenvalue weighted by molar-refractivity contribution is 6.14. The first-order valence-electron chi connectivity index (χ1n) is 8.17. The minimum atomic E-state index is -1.20. The van der Waals surface area contributed by atoms with Crippen LogP contribution >= 0.6 is 0 Å². The first kappa shape index (κ1) is 18.5. The van der Waals surface area contributed by atoms with Crippen molar-refractivity contribution in [3.8, 4) is 0 Å². The number of nitrogens with one attached hydrogen (secondary N) is 2. The third-order valence-electron chi connectivity index (χ3n) is 4.05. The third kappa shape index (κ3) is 4.59. The molecule has 0 bridgehead atoms. The molecule has 0 saturated carbocycles. The number of rotatable bonds is 5. The fourth-order valence-corrected chi connectivity index (χ4v) is 2.24. The van der Waals surface area contributed by atoms with Crippen LogP contribution in [0.15, 0.2) is 48.5 Å². The number of hydrogen-bond donors (Lipinski definition) is 2. The first-order valence-corrected chi connectivity index (χ1v) is 8.17. The van der Waals surface area contributed by atoms with Crippen LogP contribution in [-0.2, 0) is 9.59 Å². The Morgan fingerprint density at radius 3 is 1.96 bits per heavy atom. The van der Waals surface area contributed by atoms with Crippen LogP contribution in [0.1, 0.15) is 19.4 Å². The molecule has 5 nitrogen and oxygen atoms in total. The van der Waals surface area contributed by atoms with Gasteiger partial charge in [0.2, 0.25) is 11.8 Å². The SMILES string of the molecule is Cc1cccc(NC(=O)C(C)(C)C(=O)Nc2ccc(N(C)C)cc2)c1. The first-order chi connectivity index (χ1) is 11.7. The summed E-state index contributed by atoms with van der Waals surface area (Å²) in [6, 6.07) is 15.0. The largest absolute Gasteiger partial charge is 0.378 e. The van der Waals surface area contributed by atoms with Gasteiger partial charge in [0.05, 0.1) is 0 Å². The van der Waals surface area contributed by atoms with Crippen molar-refractivity contribution in [2.24, 2.45) is 5.41 Å². The molecule has 2 N–H and O–H groups in total. The molecule has 0 aliphatic rings. The Kier molecular flexibility index (Phi) is 5.47. The minimum absolute atomic E-state index is 0.347. The van der Waals surface area contributed by atoms with Crippen LogP contribution in [0, 0.1) is 12.3 Å². The highest BCUT2D eigenvalue weighted by Gasteiger charge is 2.36. The number of amides is 2. The van der Waals surface area contributed by atoms with E-state index < -0.39 is 5.41 Å². The van der Waals surface area contributed by atoms with Crippen molar-refractivity contribution in [2.75, 3.05) is 29.6 Å². The molecule has 2 aromatic carbocycles. The monoisotopic (exact) mass is 339 g/mol. The van der Waals surface area contributed by atoms with Gasteiger partial charge in [-0.15, -0.1) is 0 Å². The molecular formula is C20H25N3O2. The maximum absolute atomic E-state index is 12.6. The maximum atomic E-state index is 12.6. The molecule has 0 radical (unpaired) electrons. The van der Waals surface area contributed by atoms with Gasteiger partial charge in [-0.05, 0) is 62.7 Å². The van der Waals surface area contributed by atoms with Gasteiger partial charge in [-0.25, -0.2) is 0 Å². The zero-order chi connectivity index (χ0) is 18.6. The van der Waals surface area contributed by atoms with Crippen molar-refractivity contribution < 1.29 is 9.59 Å². The van der Waals surface area contributed by atoms with Crippen molar-refractivity contribution in [1.82, 2.24) is 0 Å². The lowest BCUT2D eigenvalue weighted by molar-refractivity contribution is -0.135. The molecule has 0 spiro atoms. The van der Waals surface area contributed by atoms with Crippen molar-refractivity contribution in [2.45, 2.75) is 20.8 Å². The molecule has 0 unspecified atom stereocenters. The quantitative estimate of drug-likeness (QED) is 0.817. The fourth-order valence-electron chi connectivity index (χ4n) is 2.24. The van der Waals surface area contributed by atoms with Crippen LogP contribution in [0.3, 0.4) is 0 Å². The van der Waals surface area contributed by atoms with E-state index in [1.165, 1.54) is 0 Å². The highest BCUT2D eigenvalue weighted by atomic mass is 16.2. The second kappa shape index (κ2) is 7.38. The number of carbonyl (C=O) groups is 2. The summed E-state index contributed by atoms with van der Waals surface area (Å²) in [6.45, 7) is 5.17. The molecule has 0 atom stereocenters. The van der Waals surface area contributed by atoms with Gasteiger partial charge in [0.15, 0.2) is 0 Å². The Morgan fingerprint density at radius 1 is 0.880 bits per heavy atom. The average Bonchev–Trinajstić information content (AvgIpc) is 2.55. The van der Waals surface area contributed by atoms with Gasteiger partial charge >= 0.3 is 0 Å². The van der Waals surface area contributed by atoms with Gasteiger partial charge in [0.1, 0.15) is 5.41 Å². The smallest absolute Gasteiger partial charge is 0.239 e. The van der Waals surface area contributed by atoms with E-state index in [-0.39, 0.29) is 11.8 Å². The summed E-state index contributed by atoms with van der Waals surface area (Å²) in [4.78, 5) is 27.1. The molecule has 0 aliphatic heterocycles. The molecule has 2 rings (SSSR count). The van der Waals surface area contributed by atoms with Crippen molar-refractivity contribution >= 4 is 28.9 Å². The Labute approximate surface area is 149 Å². The zero-order valence-electron chi connectivity index (χ0n) is 15.4. The van der Waals surface area contributed by atoms with Crippen molar-refractivity contribution in [3.63, 3.8) is 0 Å². The van der Waals surface area contributed by atoms with E-state index >= 15 is 0 Å². The van der Waals surface area contributed by atoms with Crippen LogP contribution in [0.5, 0.6) is 0 Å². The number of nitrogens with zero attached hydrogens (tertiary/aromatic N) is 1. The van der Waals surface area contributed by atoms with Crippen LogP contribution < -0.4 is 15.5 Å². The Morgan fingerprint density at radius 2 is 1.44 bits per heavy atom. The lowest BCUT2D eigenvalue weighted by atomic mass is 9.90. The third-order valence-corrected chi connectivity index (χ3v) is 4.05. The van der Waals surface area contributed by atoms with E-state index in [9.17, 15) is 9.59 Å². The Hall–Kier alpha value is -2.82. The van der Waals surface area contributed by atoms with E-state index in [4.69, 9.17) is 0 Å². The number of carbonyl (C=O) groups excluding carboxylic acids is 2. The second-order valence-electron chi connectivity index (χ2n) is 6.84. The molecule has 0 aromatic heterocycles. The molecule has 0 heterocycles. The van der Waals surface area contributed by atoms with E-state index in [0.717, 1.165) is 11.3 Å². The predicted molar refractivity (Wildman–Crippen MR) is 103 cm³/mol. The molecule has 0 aliphatic carbocycles. The molecule has 0 saturated heterocycles. The van der Waals surface area contributed by atoms with Gasteiger partial charge in [-0.3, -0.25) is 9.59 Å². The summed E-state index contributed by atoms with van der Waals surface area (Å²) < 4.78 is 0. The van der Waals surface area contributed by atoms with Crippen LogP contribution in [0.2, 0.25) is 0 Å². The molecule has 2 aromatic rings. The van der Waals surface area contributed by atoms with E-state index in [0.29, 0.717) is 11.4 Å². The average molecular weight is 339 g/mol. The van der Waals surface area contributed by atoms with Gasteiger partial charge in [-0.2, -0.15) is 0 Å². The molecule has 132 valence electrons. The molecular weight excluding hydrogens is 314 g/mol. The fraction of sp³-hybridized carbons (Fsp3) is 0.300. The van der Waals surface area contributed by atoms with Gasteiger partial charge in [0, 0.05) is 31.2 Å². The number of anilines is 3. The number of benzene rings is 2. The maximum Gasteiger partial charge on any atom is 0.239 e. The van der Waals surface area contributed by atoms with Crippen LogP contribution in [0.25, 0.3) is 0 Å².